The number of ketones is 1. The first-order chi connectivity index (χ1) is 8.69. The van der Waals surface area contributed by atoms with Gasteiger partial charge < -0.3 is 0 Å². The minimum Gasteiger partial charge on any atom is -0.292 e. The quantitative estimate of drug-likeness (QED) is 0.779. The Bertz CT molecular complexity index is 661. The zero-order valence-corrected chi connectivity index (χ0v) is 11.8. The molecule has 1 saturated heterocycles. The van der Waals surface area contributed by atoms with Gasteiger partial charge in [-0.2, -0.15) is 0 Å². The highest BCUT2D eigenvalue weighted by molar-refractivity contribution is 7.94. The summed E-state index contributed by atoms with van der Waals surface area (Å²) in [5, 5.41) is 0. The molecule has 2 rings (SSSR count). The fourth-order valence-corrected chi connectivity index (χ4v) is 3.50. The maximum atomic E-state index is 12.1. The van der Waals surface area contributed by atoms with Gasteiger partial charge in [0.25, 0.3) is 15.9 Å². The van der Waals surface area contributed by atoms with Gasteiger partial charge in [-0.3, -0.25) is 9.59 Å². The molecule has 1 aliphatic rings. The Hall–Kier alpha value is -1.69. The molecule has 1 aromatic rings. The van der Waals surface area contributed by atoms with E-state index in [2.05, 4.69) is 0 Å². The van der Waals surface area contributed by atoms with Crippen molar-refractivity contribution < 1.29 is 18.0 Å². The zero-order chi connectivity index (χ0) is 14.4. The monoisotopic (exact) mass is 281 g/mol. The number of carbonyl (C=O) groups excluding carboxylic acids is 2. The number of hydrogen-bond acceptors (Lipinski definition) is 4. The summed E-state index contributed by atoms with van der Waals surface area (Å²) in [4.78, 5) is 23.8. The van der Waals surface area contributed by atoms with Crippen molar-refractivity contribution in [3.05, 3.63) is 35.4 Å². The number of sulfonamides is 1. The lowest BCUT2D eigenvalue weighted by atomic mass is 10.0. The van der Waals surface area contributed by atoms with Gasteiger partial charge in [0.1, 0.15) is 6.54 Å². The Balaban J connectivity index is 2.23. The van der Waals surface area contributed by atoms with Crippen molar-refractivity contribution in [3.8, 4) is 0 Å². The van der Waals surface area contributed by atoms with Crippen molar-refractivity contribution in [2.24, 2.45) is 0 Å². The van der Waals surface area contributed by atoms with E-state index in [0.29, 0.717) is 9.87 Å². The van der Waals surface area contributed by atoms with E-state index in [1.807, 2.05) is 0 Å². The maximum absolute atomic E-state index is 12.1. The van der Waals surface area contributed by atoms with Crippen molar-refractivity contribution in [1.82, 2.24) is 4.31 Å². The van der Waals surface area contributed by atoms with Crippen LogP contribution in [0, 0.1) is 6.92 Å². The molecule has 6 heteroatoms. The highest BCUT2D eigenvalue weighted by atomic mass is 32.2. The van der Waals surface area contributed by atoms with E-state index < -0.39 is 27.2 Å². The Morgan fingerprint density at radius 3 is 2.37 bits per heavy atom. The molecule has 0 aromatic heterocycles. The Morgan fingerprint density at radius 1 is 1.26 bits per heavy atom. The summed E-state index contributed by atoms with van der Waals surface area (Å²) in [5.74, 6) is -0.903. The smallest absolute Gasteiger partial charge is 0.259 e. The number of Topliss-reactive ketones (excluding diaryl/α,β-unsaturated/α-hetero) is 1. The highest BCUT2D eigenvalue weighted by Gasteiger charge is 2.60. The van der Waals surface area contributed by atoms with Crippen LogP contribution in [0.3, 0.4) is 0 Å². The average Bonchev–Trinajstić information content (AvgIpc) is 2.35. The largest absolute Gasteiger partial charge is 0.292 e. The first-order valence-corrected chi connectivity index (χ1v) is 7.29. The summed E-state index contributed by atoms with van der Waals surface area (Å²) in [6.07, 6.45) is 0. The fraction of sp³-hybridized carbons (Fsp3) is 0.385. The second kappa shape index (κ2) is 4.16. The van der Waals surface area contributed by atoms with Crippen LogP contribution >= 0.6 is 0 Å². The van der Waals surface area contributed by atoms with Gasteiger partial charge >= 0.3 is 0 Å². The molecule has 1 fully saturated rings. The number of nitrogens with zero attached hydrogens (tertiary/aromatic N) is 1. The second-order valence-electron chi connectivity index (χ2n) is 5.07. The molecule has 1 heterocycles. The van der Waals surface area contributed by atoms with Crippen molar-refractivity contribution in [3.63, 3.8) is 0 Å². The summed E-state index contributed by atoms with van der Waals surface area (Å²) in [6, 6.07) is 6.89. The van der Waals surface area contributed by atoms with Gasteiger partial charge in [-0.1, -0.05) is 24.3 Å². The topological polar surface area (TPSA) is 71.5 Å². The standard InChI is InChI=1S/C13H15NO4S/c1-9-6-4-5-7-10(9)11(15)8-14-12(16)13(2,3)19(14,17)18/h4-7H,8H2,1-3H3. The van der Waals surface area contributed by atoms with Crippen LogP contribution in [-0.4, -0.2) is 35.7 Å². The first-order valence-electron chi connectivity index (χ1n) is 5.85. The van der Waals surface area contributed by atoms with E-state index >= 15 is 0 Å². The minimum atomic E-state index is -3.70. The second-order valence-corrected chi connectivity index (χ2v) is 7.48. The van der Waals surface area contributed by atoms with E-state index in [-0.39, 0.29) is 5.78 Å². The van der Waals surface area contributed by atoms with Gasteiger partial charge in [0.05, 0.1) is 0 Å². The summed E-state index contributed by atoms with van der Waals surface area (Å²) in [7, 11) is -3.70. The molecule has 0 saturated carbocycles. The molecule has 1 amide bonds. The van der Waals surface area contributed by atoms with Gasteiger partial charge in [0.15, 0.2) is 10.5 Å². The molecule has 102 valence electrons. The van der Waals surface area contributed by atoms with Crippen LogP contribution in [0.2, 0.25) is 0 Å². The molecule has 0 N–H and O–H groups in total. The molecule has 1 aliphatic heterocycles. The van der Waals surface area contributed by atoms with Crippen molar-refractivity contribution in [2.75, 3.05) is 6.54 Å². The Labute approximate surface area is 112 Å². The van der Waals surface area contributed by atoms with Crippen LogP contribution in [0.4, 0.5) is 0 Å². The minimum absolute atomic E-state index is 0.370. The molecule has 19 heavy (non-hydrogen) atoms. The zero-order valence-electron chi connectivity index (χ0n) is 11.0. The number of rotatable bonds is 3. The van der Waals surface area contributed by atoms with Crippen LogP contribution in [0.15, 0.2) is 24.3 Å². The van der Waals surface area contributed by atoms with Crippen LogP contribution in [0.5, 0.6) is 0 Å². The van der Waals surface area contributed by atoms with E-state index in [1.54, 1.807) is 31.2 Å². The molecule has 0 spiro atoms. The lowest BCUT2D eigenvalue weighted by Crippen LogP contribution is -2.68. The molecule has 1 aromatic carbocycles. The fourth-order valence-electron chi connectivity index (χ4n) is 2.01. The van der Waals surface area contributed by atoms with E-state index in [1.165, 1.54) is 13.8 Å². The van der Waals surface area contributed by atoms with Crippen molar-refractivity contribution >= 4 is 21.7 Å². The van der Waals surface area contributed by atoms with Crippen LogP contribution in [-0.2, 0) is 14.8 Å². The molecule has 0 aliphatic carbocycles. The predicted molar refractivity (Wildman–Crippen MR) is 70.2 cm³/mol. The lowest BCUT2D eigenvalue weighted by Gasteiger charge is -2.42. The number of amides is 1. The summed E-state index contributed by atoms with van der Waals surface area (Å²) in [6.45, 7) is 4.04. The van der Waals surface area contributed by atoms with Gasteiger partial charge in [-0.05, 0) is 26.3 Å². The molecule has 0 bridgehead atoms. The van der Waals surface area contributed by atoms with Gasteiger partial charge in [0, 0.05) is 5.56 Å². The SMILES string of the molecule is Cc1ccccc1C(=O)CN1C(=O)C(C)(C)S1(=O)=O. The average molecular weight is 281 g/mol. The van der Waals surface area contributed by atoms with Crippen LogP contribution in [0.1, 0.15) is 29.8 Å². The van der Waals surface area contributed by atoms with Gasteiger partial charge in [-0.15, -0.1) is 0 Å². The van der Waals surface area contributed by atoms with Crippen LogP contribution < -0.4 is 0 Å². The first kappa shape index (κ1) is 13.7. The normalized spacial score (nSPS) is 19.9. The number of benzene rings is 1. The molecule has 5 nitrogen and oxygen atoms in total. The molecular formula is C13H15NO4S. The van der Waals surface area contributed by atoms with Crippen molar-refractivity contribution in [1.29, 1.82) is 0 Å². The number of carbonyl (C=O) groups is 2. The third-order valence-electron chi connectivity index (χ3n) is 3.41. The van der Waals surface area contributed by atoms with E-state index in [9.17, 15) is 18.0 Å². The van der Waals surface area contributed by atoms with E-state index in [4.69, 9.17) is 0 Å². The number of hydrogen-bond donors (Lipinski definition) is 0. The predicted octanol–water partition coefficient (Wildman–Crippen LogP) is 1.13. The molecule has 0 atom stereocenters. The maximum Gasteiger partial charge on any atom is 0.259 e. The van der Waals surface area contributed by atoms with Gasteiger partial charge in [-0.25, -0.2) is 12.7 Å². The van der Waals surface area contributed by atoms with E-state index in [0.717, 1.165) is 5.56 Å². The summed E-state index contributed by atoms with van der Waals surface area (Å²) < 4.78 is 23.0. The molecular weight excluding hydrogens is 266 g/mol. The third kappa shape index (κ3) is 1.87. The molecule has 0 unspecified atom stereocenters. The molecule has 0 radical (unpaired) electrons. The third-order valence-corrected chi connectivity index (χ3v) is 5.75. The Kier molecular flexibility index (Phi) is 3.01. The number of aryl methyl sites for hydroxylation is 1. The van der Waals surface area contributed by atoms with Gasteiger partial charge in [0.2, 0.25) is 0 Å². The highest BCUT2D eigenvalue weighted by Crippen LogP contribution is 2.34. The van der Waals surface area contributed by atoms with Crippen molar-refractivity contribution in [2.45, 2.75) is 25.5 Å². The lowest BCUT2D eigenvalue weighted by molar-refractivity contribution is -0.131. The summed E-state index contributed by atoms with van der Waals surface area (Å²) >= 11 is 0. The van der Waals surface area contributed by atoms with Crippen LogP contribution in [0.25, 0.3) is 0 Å². The summed E-state index contributed by atoms with van der Waals surface area (Å²) in [5.41, 5.74) is 1.20. The Morgan fingerprint density at radius 2 is 1.84 bits per heavy atom.